The maximum absolute atomic E-state index is 12.7. The van der Waals surface area contributed by atoms with Gasteiger partial charge in [0.1, 0.15) is 0 Å². The molecule has 2 heterocycles. The van der Waals surface area contributed by atoms with Gasteiger partial charge in [-0.05, 0) is 31.9 Å². The fourth-order valence-electron chi connectivity index (χ4n) is 2.96. The molecule has 1 aliphatic rings. The topological polar surface area (TPSA) is 54.5 Å². The molecular formula is C19H25N3O2S. The Morgan fingerprint density at radius 1 is 1.32 bits per heavy atom. The lowest BCUT2D eigenvalue weighted by molar-refractivity contribution is -0.129. The lowest BCUT2D eigenvalue weighted by atomic mass is 10.0. The number of hydrogen-bond donors (Lipinski definition) is 1. The molecule has 1 aromatic heterocycles. The normalized spacial score (nSPS) is 16.0. The molecule has 134 valence electrons. The summed E-state index contributed by atoms with van der Waals surface area (Å²) in [6.45, 7) is 8.92. The third-order valence-electron chi connectivity index (χ3n) is 4.76. The van der Waals surface area contributed by atoms with Crippen molar-refractivity contribution in [2.75, 3.05) is 31.6 Å². The summed E-state index contributed by atoms with van der Waals surface area (Å²) in [5.41, 5.74) is 1.98. The number of amides is 1. The van der Waals surface area contributed by atoms with Gasteiger partial charge in [0.15, 0.2) is 5.13 Å². The monoisotopic (exact) mass is 359 g/mol. The number of aromatic nitrogens is 1. The van der Waals surface area contributed by atoms with Crippen LogP contribution in [0.3, 0.4) is 0 Å². The number of aryl methyl sites for hydroxylation is 1. The van der Waals surface area contributed by atoms with Crippen molar-refractivity contribution < 1.29 is 9.53 Å². The second-order valence-corrected chi connectivity index (χ2v) is 7.96. The van der Waals surface area contributed by atoms with E-state index in [1.54, 1.807) is 11.3 Å². The van der Waals surface area contributed by atoms with Gasteiger partial charge >= 0.3 is 0 Å². The van der Waals surface area contributed by atoms with E-state index in [4.69, 9.17) is 4.74 Å². The largest absolute Gasteiger partial charge is 0.379 e. The highest BCUT2D eigenvalue weighted by Gasteiger charge is 2.35. The molecule has 1 saturated heterocycles. The summed E-state index contributed by atoms with van der Waals surface area (Å²) in [6.07, 6.45) is 2.70. The first-order valence-electron chi connectivity index (χ1n) is 8.60. The molecule has 1 aliphatic heterocycles. The summed E-state index contributed by atoms with van der Waals surface area (Å²) >= 11 is 1.54. The SMILES string of the molecule is Cc1ccccc1Cc1cnc(NC(=O)C(C)(C)N2CCOCC2)s1. The van der Waals surface area contributed by atoms with Crippen LogP contribution in [-0.2, 0) is 16.0 Å². The maximum Gasteiger partial charge on any atom is 0.246 e. The first-order valence-corrected chi connectivity index (χ1v) is 9.42. The summed E-state index contributed by atoms with van der Waals surface area (Å²) in [4.78, 5) is 20.4. The van der Waals surface area contributed by atoms with E-state index in [2.05, 4.69) is 40.3 Å². The van der Waals surface area contributed by atoms with Crippen LogP contribution in [0.4, 0.5) is 5.13 Å². The van der Waals surface area contributed by atoms with Gasteiger partial charge in [0, 0.05) is 30.6 Å². The van der Waals surface area contributed by atoms with E-state index in [9.17, 15) is 4.79 Å². The van der Waals surface area contributed by atoms with Gasteiger partial charge in [-0.25, -0.2) is 4.98 Å². The molecule has 0 saturated carbocycles. The molecule has 0 spiro atoms. The molecule has 0 unspecified atom stereocenters. The first kappa shape index (κ1) is 18.0. The van der Waals surface area contributed by atoms with Crippen LogP contribution in [0, 0.1) is 6.92 Å². The molecule has 5 nitrogen and oxygen atoms in total. The lowest BCUT2D eigenvalue weighted by Gasteiger charge is -2.39. The van der Waals surface area contributed by atoms with Gasteiger partial charge < -0.3 is 10.1 Å². The maximum atomic E-state index is 12.7. The molecular weight excluding hydrogens is 334 g/mol. The summed E-state index contributed by atoms with van der Waals surface area (Å²) in [5, 5.41) is 3.65. The molecule has 0 aliphatic carbocycles. The van der Waals surface area contributed by atoms with Crippen LogP contribution in [0.15, 0.2) is 30.5 Å². The van der Waals surface area contributed by atoms with E-state index in [0.29, 0.717) is 18.3 Å². The lowest BCUT2D eigenvalue weighted by Crippen LogP contribution is -2.56. The van der Waals surface area contributed by atoms with Crippen molar-refractivity contribution in [3.05, 3.63) is 46.5 Å². The first-order chi connectivity index (χ1) is 12.0. The van der Waals surface area contributed by atoms with Gasteiger partial charge in [0.05, 0.1) is 18.8 Å². The fourth-order valence-corrected chi connectivity index (χ4v) is 3.79. The number of nitrogens with one attached hydrogen (secondary N) is 1. The Hall–Kier alpha value is -1.76. The van der Waals surface area contributed by atoms with Gasteiger partial charge in [0.2, 0.25) is 5.91 Å². The number of carbonyl (C=O) groups is 1. The standard InChI is InChI=1S/C19H25N3O2S/c1-14-6-4-5-7-15(14)12-16-13-20-18(25-16)21-17(23)19(2,3)22-8-10-24-11-9-22/h4-7,13H,8-12H2,1-3H3,(H,20,21,23). The Morgan fingerprint density at radius 2 is 2.04 bits per heavy atom. The highest BCUT2D eigenvalue weighted by molar-refractivity contribution is 7.15. The van der Waals surface area contributed by atoms with Gasteiger partial charge in [0.25, 0.3) is 0 Å². The number of ether oxygens (including phenoxy) is 1. The molecule has 0 atom stereocenters. The number of hydrogen-bond acceptors (Lipinski definition) is 5. The van der Waals surface area contributed by atoms with Crippen LogP contribution in [0.5, 0.6) is 0 Å². The van der Waals surface area contributed by atoms with E-state index in [1.807, 2.05) is 26.1 Å². The van der Waals surface area contributed by atoms with Gasteiger partial charge in [-0.3, -0.25) is 9.69 Å². The van der Waals surface area contributed by atoms with Crippen LogP contribution in [0.2, 0.25) is 0 Å². The second kappa shape index (κ2) is 7.64. The molecule has 1 N–H and O–H groups in total. The average Bonchev–Trinajstić information content (AvgIpc) is 3.04. The number of rotatable bonds is 5. The third kappa shape index (κ3) is 4.26. The molecule has 6 heteroatoms. The van der Waals surface area contributed by atoms with E-state index < -0.39 is 5.54 Å². The van der Waals surface area contributed by atoms with E-state index in [-0.39, 0.29) is 5.91 Å². The second-order valence-electron chi connectivity index (χ2n) is 6.85. The number of carbonyl (C=O) groups excluding carboxylic acids is 1. The van der Waals surface area contributed by atoms with Gasteiger partial charge in [-0.15, -0.1) is 11.3 Å². The van der Waals surface area contributed by atoms with Crippen molar-refractivity contribution in [3.8, 4) is 0 Å². The van der Waals surface area contributed by atoms with Crippen molar-refractivity contribution in [1.82, 2.24) is 9.88 Å². The zero-order valence-electron chi connectivity index (χ0n) is 15.0. The van der Waals surface area contributed by atoms with Crippen LogP contribution in [-0.4, -0.2) is 47.6 Å². The Labute approximate surface area is 153 Å². The minimum absolute atomic E-state index is 0.0220. The van der Waals surface area contributed by atoms with E-state index in [0.717, 1.165) is 24.4 Å². The van der Waals surface area contributed by atoms with Crippen molar-refractivity contribution in [2.45, 2.75) is 32.7 Å². The Bertz CT molecular complexity index is 736. The Morgan fingerprint density at radius 3 is 2.76 bits per heavy atom. The van der Waals surface area contributed by atoms with Gasteiger partial charge in [-0.1, -0.05) is 24.3 Å². The number of thiazole rings is 1. The molecule has 25 heavy (non-hydrogen) atoms. The number of anilines is 1. The zero-order chi connectivity index (χ0) is 17.9. The predicted octanol–water partition coefficient (Wildman–Crippen LogP) is 3.09. The number of nitrogens with zero attached hydrogens (tertiary/aromatic N) is 2. The summed E-state index contributed by atoms with van der Waals surface area (Å²) in [7, 11) is 0. The van der Waals surface area contributed by atoms with Crippen molar-refractivity contribution in [2.24, 2.45) is 0 Å². The Kier molecular flexibility index (Phi) is 5.51. The van der Waals surface area contributed by atoms with Crippen molar-refractivity contribution >= 4 is 22.4 Å². The van der Waals surface area contributed by atoms with E-state index in [1.165, 1.54) is 11.1 Å². The number of benzene rings is 1. The predicted molar refractivity (Wildman–Crippen MR) is 101 cm³/mol. The van der Waals surface area contributed by atoms with Gasteiger partial charge in [-0.2, -0.15) is 0 Å². The molecule has 0 radical (unpaired) electrons. The minimum Gasteiger partial charge on any atom is -0.379 e. The fraction of sp³-hybridized carbons (Fsp3) is 0.474. The van der Waals surface area contributed by atoms with Crippen molar-refractivity contribution in [3.63, 3.8) is 0 Å². The van der Waals surface area contributed by atoms with Crippen LogP contribution in [0.1, 0.15) is 29.9 Å². The smallest absolute Gasteiger partial charge is 0.246 e. The van der Waals surface area contributed by atoms with Crippen molar-refractivity contribution in [1.29, 1.82) is 0 Å². The molecule has 1 fully saturated rings. The highest BCUT2D eigenvalue weighted by Crippen LogP contribution is 2.25. The quantitative estimate of drug-likeness (QED) is 0.891. The third-order valence-corrected chi connectivity index (χ3v) is 5.67. The summed E-state index contributed by atoms with van der Waals surface area (Å²) in [6, 6.07) is 8.35. The van der Waals surface area contributed by atoms with Crippen LogP contribution >= 0.6 is 11.3 Å². The Balaban J connectivity index is 1.64. The van der Waals surface area contributed by atoms with E-state index >= 15 is 0 Å². The van der Waals surface area contributed by atoms with Crippen LogP contribution in [0.25, 0.3) is 0 Å². The molecule has 1 amide bonds. The molecule has 0 bridgehead atoms. The summed E-state index contributed by atoms with van der Waals surface area (Å²) in [5.74, 6) is -0.0220. The zero-order valence-corrected chi connectivity index (χ0v) is 15.9. The molecule has 2 aromatic rings. The minimum atomic E-state index is -0.578. The van der Waals surface area contributed by atoms with Crippen LogP contribution < -0.4 is 5.32 Å². The number of morpholine rings is 1. The summed E-state index contributed by atoms with van der Waals surface area (Å²) < 4.78 is 5.38. The average molecular weight is 359 g/mol. The molecule has 1 aromatic carbocycles. The molecule has 3 rings (SSSR count). The highest BCUT2D eigenvalue weighted by atomic mass is 32.1.